The molecule has 2 aromatic rings. The molecule has 0 spiro atoms. The van der Waals surface area contributed by atoms with E-state index in [0.717, 1.165) is 30.3 Å². The van der Waals surface area contributed by atoms with Crippen LogP contribution in [-0.4, -0.2) is 12.7 Å². The first-order valence-electron chi connectivity index (χ1n) is 7.61. The Balaban J connectivity index is 1.74. The summed E-state index contributed by atoms with van der Waals surface area (Å²) in [6, 6.07) is 12.7. The smallest absolute Gasteiger partial charge is 0.0594 e. The van der Waals surface area contributed by atoms with Gasteiger partial charge in [-0.3, -0.25) is 0 Å². The number of hydrogen-bond donors (Lipinski definition) is 0. The van der Waals surface area contributed by atoms with Gasteiger partial charge in [-0.05, 0) is 54.5 Å². The van der Waals surface area contributed by atoms with Crippen molar-refractivity contribution in [3.8, 4) is 0 Å². The zero-order valence-electron chi connectivity index (χ0n) is 12.2. The first-order chi connectivity index (χ1) is 10.2. The van der Waals surface area contributed by atoms with Crippen LogP contribution in [0.5, 0.6) is 0 Å². The molecule has 0 N–H and O–H groups in total. The second kappa shape index (κ2) is 6.68. The van der Waals surface area contributed by atoms with Crippen LogP contribution in [0.3, 0.4) is 0 Å². The molecule has 0 amide bonds. The molecule has 1 unspecified atom stereocenters. The van der Waals surface area contributed by atoms with E-state index >= 15 is 0 Å². The second-order valence-electron chi connectivity index (χ2n) is 5.80. The molecule has 1 saturated carbocycles. The molecule has 112 valence electrons. The van der Waals surface area contributed by atoms with E-state index in [1.807, 2.05) is 0 Å². The van der Waals surface area contributed by atoms with Gasteiger partial charge in [-0.2, -0.15) is 0 Å². The predicted octanol–water partition coefficient (Wildman–Crippen LogP) is 6.09. The van der Waals surface area contributed by atoms with Crippen LogP contribution in [0.2, 0.25) is 0 Å². The number of ether oxygens (including phenoxy) is 1. The van der Waals surface area contributed by atoms with E-state index < -0.39 is 0 Å². The number of fused-ring (bicyclic) bond motifs is 1. The maximum atomic E-state index is 6.71. The van der Waals surface area contributed by atoms with Crippen molar-refractivity contribution >= 4 is 38.3 Å². The van der Waals surface area contributed by atoms with Crippen molar-refractivity contribution in [2.45, 2.75) is 37.7 Å². The van der Waals surface area contributed by atoms with E-state index in [1.165, 1.54) is 16.3 Å². The summed E-state index contributed by atoms with van der Waals surface area (Å²) in [6.07, 6.45) is 3.82. The van der Waals surface area contributed by atoms with E-state index in [9.17, 15) is 0 Å². The molecule has 21 heavy (non-hydrogen) atoms. The zero-order valence-corrected chi connectivity index (χ0v) is 14.5. The minimum absolute atomic E-state index is 0.0792. The highest BCUT2D eigenvalue weighted by Gasteiger charge is 2.31. The highest BCUT2D eigenvalue weighted by Crippen LogP contribution is 2.41. The summed E-state index contributed by atoms with van der Waals surface area (Å²) < 4.78 is 6.76. The van der Waals surface area contributed by atoms with Gasteiger partial charge >= 0.3 is 0 Å². The lowest BCUT2D eigenvalue weighted by molar-refractivity contribution is -0.0267. The van der Waals surface area contributed by atoms with Crippen LogP contribution in [0.25, 0.3) is 10.8 Å². The van der Waals surface area contributed by atoms with Crippen LogP contribution in [0, 0.1) is 5.92 Å². The summed E-state index contributed by atoms with van der Waals surface area (Å²) in [5.74, 6) is 0.700. The molecule has 0 heterocycles. The molecule has 0 aliphatic heterocycles. The average molecular weight is 368 g/mol. The Hall–Kier alpha value is -0.570. The number of alkyl halides is 1. The lowest BCUT2D eigenvalue weighted by atomic mass is 9.78. The van der Waals surface area contributed by atoms with E-state index in [-0.39, 0.29) is 5.38 Å². The minimum Gasteiger partial charge on any atom is -0.378 e. The molecule has 3 heteroatoms. The first-order valence-corrected chi connectivity index (χ1v) is 8.84. The number of rotatable bonds is 5. The normalized spacial score (nSPS) is 23.0. The van der Waals surface area contributed by atoms with E-state index in [1.54, 1.807) is 0 Å². The van der Waals surface area contributed by atoms with Gasteiger partial charge in [0.25, 0.3) is 0 Å². The van der Waals surface area contributed by atoms with Crippen LogP contribution in [-0.2, 0) is 4.74 Å². The molecule has 1 nitrogen and oxygen atoms in total. The lowest BCUT2D eigenvalue weighted by Gasteiger charge is -2.36. The number of halogens is 2. The molecule has 0 radical (unpaired) electrons. The van der Waals surface area contributed by atoms with E-state index in [0.29, 0.717) is 12.0 Å². The van der Waals surface area contributed by atoms with Crippen LogP contribution in [0.1, 0.15) is 37.1 Å². The summed E-state index contributed by atoms with van der Waals surface area (Å²) in [7, 11) is 0. The van der Waals surface area contributed by atoms with Crippen LogP contribution >= 0.6 is 27.5 Å². The molecule has 1 atom stereocenters. The minimum atomic E-state index is 0.0792. The predicted molar refractivity (Wildman–Crippen MR) is 93.0 cm³/mol. The third-order valence-electron chi connectivity index (χ3n) is 4.38. The molecule has 1 fully saturated rings. The van der Waals surface area contributed by atoms with E-state index in [4.69, 9.17) is 16.3 Å². The van der Waals surface area contributed by atoms with Gasteiger partial charge in [-0.15, -0.1) is 11.6 Å². The monoisotopic (exact) mass is 366 g/mol. The maximum absolute atomic E-state index is 6.71. The SMILES string of the molecule is CCOC1CC(CC(Cl)c2ccc(Br)c3ccccc23)C1. The fraction of sp³-hybridized carbons (Fsp3) is 0.444. The average Bonchev–Trinajstić information content (AvgIpc) is 2.45. The van der Waals surface area contributed by atoms with Gasteiger partial charge in [-0.25, -0.2) is 0 Å². The third kappa shape index (κ3) is 3.28. The van der Waals surface area contributed by atoms with Gasteiger partial charge in [0.2, 0.25) is 0 Å². The highest BCUT2D eigenvalue weighted by atomic mass is 79.9. The molecule has 0 saturated heterocycles. The quantitative estimate of drug-likeness (QED) is 0.581. The Kier molecular flexibility index (Phi) is 4.88. The van der Waals surface area contributed by atoms with Gasteiger partial charge in [0, 0.05) is 11.1 Å². The molecule has 0 bridgehead atoms. The van der Waals surface area contributed by atoms with Gasteiger partial charge in [-0.1, -0.05) is 46.3 Å². The van der Waals surface area contributed by atoms with Gasteiger partial charge in [0.1, 0.15) is 0 Å². The molecule has 3 rings (SSSR count). The Bertz CT molecular complexity index is 622. The van der Waals surface area contributed by atoms with Crippen molar-refractivity contribution in [2.75, 3.05) is 6.61 Å². The maximum Gasteiger partial charge on any atom is 0.0594 e. The van der Waals surface area contributed by atoms with Crippen LogP contribution < -0.4 is 0 Å². The fourth-order valence-corrected chi connectivity index (χ4v) is 4.14. The topological polar surface area (TPSA) is 9.23 Å². The summed E-state index contributed by atoms with van der Waals surface area (Å²) in [4.78, 5) is 0. The van der Waals surface area contributed by atoms with Crippen molar-refractivity contribution in [3.05, 3.63) is 46.4 Å². The second-order valence-corrected chi connectivity index (χ2v) is 7.18. The summed E-state index contributed by atoms with van der Waals surface area (Å²) in [6.45, 7) is 2.88. The Morgan fingerprint density at radius 2 is 1.90 bits per heavy atom. The number of hydrogen-bond acceptors (Lipinski definition) is 1. The lowest BCUT2D eigenvalue weighted by Crippen LogP contribution is -2.31. The van der Waals surface area contributed by atoms with Gasteiger partial charge < -0.3 is 4.74 Å². The van der Waals surface area contributed by atoms with Crippen LogP contribution in [0.4, 0.5) is 0 Å². The summed E-state index contributed by atoms with van der Waals surface area (Å²) in [5.41, 5.74) is 1.25. The van der Waals surface area contributed by atoms with E-state index in [2.05, 4.69) is 59.3 Å². The third-order valence-corrected chi connectivity index (χ3v) is 5.48. The van der Waals surface area contributed by atoms with Crippen molar-refractivity contribution in [2.24, 2.45) is 5.92 Å². The number of benzene rings is 2. The fourth-order valence-electron chi connectivity index (χ4n) is 3.22. The molecule has 0 aromatic heterocycles. The Morgan fingerprint density at radius 3 is 2.62 bits per heavy atom. The summed E-state index contributed by atoms with van der Waals surface area (Å²) >= 11 is 10.3. The Labute approximate surface area is 139 Å². The molecule has 1 aliphatic rings. The van der Waals surface area contributed by atoms with Gasteiger partial charge in [0.15, 0.2) is 0 Å². The standard InChI is InChI=1S/C18H20BrClO/c1-2-21-13-9-12(10-13)11-18(20)16-7-8-17(19)15-6-4-3-5-14(15)16/h3-8,12-13,18H,2,9-11H2,1H3. The van der Waals surface area contributed by atoms with Crippen LogP contribution in [0.15, 0.2) is 40.9 Å². The van der Waals surface area contributed by atoms with Crippen molar-refractivity contribution in [3.63, 3.8) is 0 Å². The zero-order chi connectivity index (χ0) is 14.8. The molecule has 1 aliphatic carbocycles. The van der Waals surface area contributed by atoms with Gasteiger partial charge in [0.05, 0.1) is 11.5 Å². The largest absolute Gasteiger partial charge is 0.378 e. The van der Waals surface area contributed by atoms with Crippen molar-refractivity contribution < 1.29 is 4.74 Å². The van der Waals surface area contributed by atoms with Crippen molar-refractivity contribution in [1.82, 2.24) is 0 Å². The Morgan fingerprint density at radius 1 is 1.19 bits per heavy atom. The molecule has 2 aromatic carbocycles. The first kappa shape index (κ1) is 15.3. The molecular weight excluding hydrogens is 348 g/mol. The highest BCUT2D eigenvalue weighted by molar-refractivity contribution is 9.10. The molecular formula is C18H20BrClO. The summed E-state index contributed by atoms with van der Waals surface area (Å²) in [5, 5.41) is 2.57. The van der Waals surface area contributed by atoms with Crippen molar-refractivity contribution in [1.29, 1.82) is 0 Å².